The summed E-state index contributed by atoms with van der Waals surface area (Å²) in [6.45, 7) is 1.71. The van der Waals surface area contributed by atoms with E-state index < -0.39 is 11.2 Å². The Labute approximate surface area is 92.7 Å². The lowest BCUT2D eigenvalue weighted by Crippen LogP contribution is -2.41. The van der Waals surface area contributed by atoms with Crippen molar-refractivity contribution in [2.45, 2.75) is 6.92 Å². The van der Waals surface area contributed by atoms with Gasteiger partial charge in [0.15, 0.2) is 0 Å². The number of halogens is 2. The maximum absolute atomic E-state index is 11.4. The molecule has 0 aliphatic carbocycles. The lowest BCUT2D eigenvalue weighted by molar-refractivity contribution is 0.103. The van der Waals surface area contributed by atoms with E-state index in [4.69, 9.17) is 16.4 Å². The second kappa shape index (κ2) is 4.65. The van der Waals surface area contributed by atoms with Crippen LogP contribution in [0.25, 0.3) is 0 Å². The summed E-state index contributed by atoms with van der Waals surface area (Å²) in [6, 6.07) is 0. The van der Waals surface area contributed by atoms with Gasteiger partial charge >= 0.3 is 11.2 Å². The molecule has 0 aliphatic rings. The van der Waals surface area contributed by atoms with Crippen LogP contribution in [0.5, 0.6) is 0 Å². The number of nitrogens with one attached hydrogen (secondary N) is 1. The van der Waals surface area contributed by atoms with Crippen LogP contribution in [-0.4, -0.2) is 22.2 Å². The van der Waals surface area contributed by atoms with E-state index in [1.807, 2.05) is 0 Å². The molecule has 0 unspecified atom stereocenters. The van der Waals surface area contributed by atoms with Crippen molar-refractivity contribution in [3.05, 3.63) is 31.0 Å². The van der Waals surface area contributed by atoms with E-state index >= 15 is 0 Å². The van der Waals surface area contributed by atoms with Gasteiger partial charge in [-0.05, 0) is 22.9 Å². The fourth-order valence-electron chi connectivity index (χ4n) is 0.851. The fraction of sp³-hybridized carbons (Fsp3) is 0.429. The van der Waals surface area contributed by atoms with Gasteiger partial charge in [-0.25, -0.2) is 4.79 Å². The second-order valence-electron chi connectivity index (χ2n) is 2.49. The fourth-order valence-corrected chi connectivity index (χ4v) is 1.18. The van der Waals surface area contributed by atoms with E-state index in [0.717, 1.165) is 0 Å². The highest BCUT2D eigenvalue weighted by Crippen LogP contribution is 2.03. The van der Waals surface area contributed by atoms with E-state index in [1.54, 1.807) is 6.92 Å². The average Bonchev–Trinajstić information content (AvgIpc) is 2.14. The Morgan fingerprint density at radius 2 is 2.21 bits per heavy atom. The molecule has 0 fully saturated rings. The zero-order chi connectivity index (χ0) is 10.7. The Morgan fingerprint density at radius 3 is 2.79 bits per heavy atom. The van der Waals surface area contributed by atoms with Gasteiger partial charge in [0.05, 0.1) is 5.88 Å². The molecule has 0 aromatic carbocycles. The Balaban J connectivity index is 3.23. The molecule has 0 spiro atoms. The summed E-state index contributed by atoms with van der Waals surface area (Å²) in [5, 5.41) is 0. The zero-order valence-electron chi connectivity index (χ0n) is 7.34. The molecule has 1 aromatic heterocycles. The predicted octanol–water partition coefficient (Wildman–Crippen LogP) is 0.275. The molecule has 0 atom stereocenters. The predicted molar refractivity (Wildman–Crippen MR) is 55.9 cm³/mol. The first-order chi connectivity index (χ1) is 6.57. The average molecular weight is 284 g/mol. The van der Waals surface area contributed by atoms with Crippen molar-refractivity contribution in [3.8, 4) is 0 Å². The summed E-state index contributed by atoms with van der Waals surface area (Å²) in [7, 11) is 0. The van der Waals surface area contributed by atoms with Gasteiger partial charge in [0.1, 0.15) is 11.1 Å². The van der Waals surface area contributed by atoms with Crippen molar-refractivity contribution in [1.82, 2.24) is 9.71 Å². The number of aryl methyl sites for hydroxylation is 1. The Bertz CT molecular complexity index is 440. The summed E-state index contributed by atoms with van der Waals surface area (Å²) < 4.78 is 0.908. The summed E-state index contributed by atoms with van der Waals surface area (Å²) in [4.78, 5) is 30.0. The topological polar surface area (TPSA) is 64.1 Å². The number of hydrogen-bond acceptors (Lipinski definition) is 3. The van der Waals surface area contributed by atoms with Crippen LogP contribution >= 0.6 is 27.5 Å². The third-order valence-corrected chi connectivity index (χ3v) is 2.57. The van der Waals surface area contributed by atoms with Crippen LogP contribution in [0, 0.1) is 6.92 Å². The molecule has 78 valence electrons. The molecular weight excluding hydrogens is 275 g/mol. The van der Waals surface area contributed by atoms with E-state index in [-0.39, 0.29) is 17.0 Å². The molecule has 0 saturated carbocycles. The van der Waals surface area contributed by atoms with Crippen LogP contribution in [0.15, 0.2) is 14.1 Å². The lowest BCUT2D eigenvalue weighted by atomic mass is 10.5. The molecule has 14 heavy (non-hydrogen) atoms. The van der Waals surface area contributed by atoms with Crippen molar-refractivity contribution in [3.63, 3.8) is 0 Å². The Hall–Kier alpha value is -0.750. The number of hydrogen-bond donors (Lipinski definition) is 1. The first kappa shape index (κ1) is 11.3. The molecule has 0 saturated heterocycles. The number of H-pyrrole nitrogens is 1. The first-order valence-corrected chi connectivity index (χ1v) is 5.11. The summed E-state index contributed by atoms with van der Waals surface area (Å²) in [5.41, 5.74) is -0.678. The minimum atomic E-state index is -0.610. The molecule has 0 amide bonds. The monoisotopic (exact) mass is 282 g/mol. The standard InChI is InChI=1S/C7H8BrClN2O3/c1-4-5(8)6(12)11(7(13)10-4)14-3-2-9/h2-3H2,1H3,(H,10,13). The minimum Gasteiger partial charge on any atom is -0.405 e. The van der Waals surface area contributed by atoms with Crippen molar-refractivity contribution >= 4 is 27.5 Å². The lowest BCUT2D eigenvalue weighted by Gasteiger charge is -2.06. The molecule has 1 rings (SSSR count). The quantitative estimate of drug-likeness (QED) is 0.810. The third-order valence-electron chi connectivity index (χ3n) is 1.48. The number of aromatic amines is 1. The van der Waals surface area contributed by atoms with Crippen LogP contribution in [-0.2, 0) is 0 Å². The van der Waals surface area contributed by atoms with Crippen molar-refractivity contribution in [2.24, 2.45) is 0 Å². The largest absolute Gasteiger partial charge is 0.405 e. The van der Waals surface area contributed by atoms with Gasteiger partial charge < -0.3 is 9.82 Å². The molecule has 7 heteroatoms. The van der Waals surface area contributed by atoms with E-state index in [2.05, 4.69) is 20.9 Å². The molecule has 0 aliphatic heterocycles. The molecule has 0 bridgehead atoms. The Morgan fingerprint density at radius 1 is 1.57 bits per heavy atom. The number of aromatic nitrogens is 2. The second-order valence-corrected chi connectivity index (χ2v) is 3.66. The van der Waals surface area contributed by atoms with Gasteiger partial charge in [-0.1, -0.05) is 4.73 Å². The van der Waals surface area contributed by atoms with Gasteiger partial charge in [-0.15, -0.1) is 11.6 Å². The molecule has 5 nitrogen and oxygen atoms in total. The summed E-state index contributed by atoms with van der Waals surface area (Å²) in [5.74, 6) is 0.206. The van der Waals surface area contributed by atoms with Crippen LogP contribution in [0.2, 0.25) is 0 Å². The highest BCUT2D eigenvalue weighted by molar-refractivity contribution is 9.10. The Kier molecular flexibility index (Phi) is 3.77. The van der Waals surface area contributed by atoms with E-state index in [0.29, 0.717) is 10.4 Å². The number of rotatable bonds is 3. The third kappa shape index (κ3) is 2.19. The van der Waals surface area contributed by atoms with Gasteiger partial charge in [0.25, 0.3) is 0 Å². The number of alkyl halides is 1. The highest BCUT2D eigenvalue weighted by Gasteiger charge is 2.08. The molecule has 1 aromatic rings. The first-order valence-electron chi connectivity index (χ1n) is 3.78. The van der Waals surface area contributed by atoms with E-state index in [9.17, 15) is 9.59 Å². The van der Waals surface area contributed by atoms with Crippen LogP contribution in [0.1, 0.15) is 5.69 Å². The number of nitrogens with zero attached hydrogens (tertiary/aromatic N) is 1. The van der Waals surface area contributed by atoms with Gasteiger partial charge in [-0.3, -0.25) is 4.79 Å². The van der Waals surface area contributed by atoms with E-state index in [1.165, 1.54) is 0 Å². The van der Waals surface area contributed by atoms with Gasteiger partial charge in [-0.2, -0.15) is 0 Å². The van der Waals surface area contributed by atoms with Crippen LogP contribution in [0.4, 0.5) is 0 Å². The molecular formula is C7H8BrClN2O3. The summed E-state index contributed by atoms with van der Waals surface area (Å²) >= 11 is 8.40. The maximum atomic E-state index is 11.4. The summed E-state index contributed by atoms with van der Waals surface area (Å²) in [6.07, 6.45) is 0. The van der Waals surface area contributed by atoms with Crippen molar-refractivity contribution in [2.75, 3.05) is 12.5 Å². The highest BCUT2D eigenvalue weighted by atomic mass is 79.9. The van der Waals surface area contributed by atoms with Crippen LogP contribution in [0.3, 0.4) is 0 Å². The molecule has 1 heterocycles. The molecule has 0 radical (unpaired) electrons. The van der Waals surface area contributed by atoms with Gasteiger partial charge in [0.2, 0.25) is 0 Å². The van der Waals surface area contributed by atoms with Crippen molar-refractivity contribution in [1.29, 1.82) is 0 Å². The normalized spacial score (nSPS) is 10.2. The van der Waals surface area contributed by atoms with Crippen molar-refractivity contribution < 1.29 is 4.84 Å². The van der Waals surface area contributed by atoms with Gasteiger partial charge in [0, 0.05) is 5.69 Å². The smallest absolute Gasteiger partial charge is 0.362 e. The minimum absolute atomic E-state index is 0.0973. The SMILES string of the molecule is Cc1[nH]c(=O)n(OCCCl)c(=O)c1Br. The zero-order valence-corrected chi connectivity index (χ0v) is 9.68. The van der Waals surface area contributed by atoms with Crippen LogP contribution < -0.4 is 16.1 Å². The molecule has 1 N–H and O–H groups in total. The maximum Gasteiger partial charge on any atom is 0.362 e.